The Labute approximate surface area is 201 Å². The molecule has 1 aromatic heterocycles. The van der Waals surface area contributed by atoms with E-state index < -0.39 is 0 Å². The zero-order valence-electron chi connectivity index (χ0n) is 18.9. The first-order valence-electron chi connectivity index (χ1n) is 10.6. The third-order valence-corrected chi connectivity index (χ3v) is 6.26. The first-order chi connectivity index (χ1) is 14.9. The van der Waals surface area contributed by atoms with Gasteiger partial charge in [0.2, 0.25) is 5.95 Å². The molecule has 170 valence electrons. The summed E-state index contributed by atoms with van der Waals surface area (Å²) in [4.78, 5) is 13.9. The van der Waals surface area contributed by atoms with Crippen LogP contribution in [0.2, 0.25) is 5.02 Å². The molecule has 3 aromatic rings. The average Bonchev–Trinajstić information content (AvgIpc) is 2.75. The van der Waals surface area contributed by atoms with Gasteiger partial charge in [-0.2, -0.15) is 4.98 Å². The van der Waals surface area contributed by atoms with Crippen LogP contribution in [0.5, 0.6) is 0 Å². The van der Waals surface area contributed by atoms with E-state index >= 15 is 0 Å². The molecule has 0 saturated carbocycles. The van der Waals surface area contributed by atoms with Crippen molar-refractivity contribution < 1.29 is 0 Å². The van der Waals surface area contributed by atoms with Gasteiger partial charge in [0.15, 0.2) is 0 Å². The van der Waals surface area contributed by atoms with E-state index in [1.807, 2.05) is 39.1 Å². The summed E-state index contributed by atoms with van der Waals surface area (Å²) in [5.41, 5.74) is 6.22. The van der Waals surface area contributed by atoms with Gasteiger partial charge in [-0.1, -0.05) is 11.6 Å². The van der Waals surface area contributed by atoms with Crippen molar-refractivity contribution in [3.05, 3.63) is 64.3 Å². The molecule has 0 radical (unpaired) electrons. The molecule has 1 aliphatic heterocycles. The van der Waals surface area contributed by atoms with Crippen molar-refractivity contribution in [2.45, 2.75) is 20.8 Å². The van der Waals surface area contributed by atoms with Crippen molar-refractivity contribution >= 4 is 52.8 Å². The quantitative estimate of drug-likeness (QED) is 0.495. The number of benzene rings is 2. The smallest absolute Gasteiger partial charge is 0.229 e. The van der Waals surface area contributed by atoms with Crippen LogP contribution in [0.25, 0.3) is 0 Å². The average molecular weight is 473 g/mol. The van der Waals surface area contributed by atoms with Crippen molar-refractivity contribution in [3.8, 4) is 0 Å². The van der Waals surface area contributed by atoms with E-state index in [0.29, 0.717) is 5.95 Å². The number of nitrogens with one attached hydrogen (secondary N) is 2. The molecule has 0 atom stereocenters. The number of hydrogen-bond acceptors (Lipinski definition) is 6. The molecule has 2 heterocycles. The fourth-order valence-electron chi connectivity index (χ4n) is 3.73. The fourth-order valence-corrected chi connectivity index (χ4v) is 3.84. The van der Waals surface area contributed by atoms with Crippen molar-refractivity contribution in [1.82, 2.24) is 14.9 Å². The van der Waals surface area contributed by atoms with E-state index in [1.54, 1.807) is 0 Å². The van der Waals surface area contributed by atoms with Gasteiger partial charge in [-0.25, -0.2) is 4.98 Å². The largest absolute Gasteiger partial charge is 0.369 e. The van der Waals surface area contributed by atoms with Crippen LogP contribution in [0.4, 0.5) is 28.8 Å². The van der Waals surface area contributed by atoms with Crippen molar-refractivity contribution in [2.75, 3.05) is 48.8 Å². The van der Waals surface area contributed by atoms with Crippen LogP contribution >= 0.6 is 24.0 Å². The van der Waals surface area contributed by atoms with E-state index in [2.05, 4.69) is 61.7 Å². The number of hydrogen-bond donors (Lipinski definition) is 2. The molecule has 4 rings (SSSR count). The summed E-state index contributed by atoms with van der Waals surface area (Å²) in [7, 11) is 2.17. The summed E-state index contributed by atoms with van der Waals surface area (Å²) in [6.45, 7) is 10.3. The van der Waals surface area contributed by atoms with Gasteiger partial charge in [-0.15, -0.1) is 12.4 Å². The maximum atomic E-state index is 6.30. The Bertz CT molecular complexity index is 1040. The normalized spacial score (nSPS) is 14.1. The lowest BCUT2D eigenvalue weighted by Gasteiger charge is -2.34. The Morgan fingerprint density at radius 3 is 2.09 bits per heavy atom. The number of anilines is 5. The van der Waals surface area contributed by atoms with Crippen LogP contribution in [0.1, 0.15) is 16.7 Å². The Kier molecular flexibility index (Phi) is 7.82. The topological polar surface area (TPSA) is 56.3 Å². The SMILES string of the molecule is Cc1cnc(Nc2ccc(N3CCN(C)CC3)cc2)nc1Nc1cc(C)c(Cl)c(C)c1.Cl. The highest BCUT2D eigenvalue weighted by Gasteiger charge is 2.14. The maximum Gasteiger partial charge on any atom is 0.229 e. The van der Waals surface area contributed by atoms with Crippen LogP contribution in [0.15, 0.2) is 42.6 Å². The fraction of sp³-hybridized carbons (Fsp3) is 0.333. The molecule has 8 heteroatoms. The lowest BCUT2D eigenvalue weighted by molar-refractivity contribution is 0.313. The molecule has 0 amide bonds. The van der Waals surface area contributed by atoms with Gasteiger partial charge in [0.1, 0.15) is 5.82 Å². The van der Waals surface area contributed by atoms with Crippen LogP contribution in [0, 0.1) is 20.8 Å². The van der Waals surface area contributed by atoms with Crippen molar-refractivity contribution in [3.63, 3.8) is 0 Å². The molecule has 0 unspecified atom stereocenters. The van der Waals surface area contributed by atoms with Crippen molar-refractivity contribution in [2.24, 2.45) is 0 Å². The summed E-state index contributed by atoms with van der Waals surface area (Å²) in [6.07, 6.45) is 1.83. The molecular weight excluding hydrogens is 443 g/mol. The molecule has 2 N–H and O–H groups in total. The monoisotopic (exact) mass is 472 g/mol. The minimum absolute atomic E-state index is 0. The second-order valence-electron chi connectivity index (χ2n) is 8.24. The summed E-state index contributed by atoms with van der Waals surface area (Å²) in [5, 5.41) is 7.52. The third-order valence-electron chi connectivity index (χ3n) is 5.66. The zero-order valence-corrected chi connectivity index (χ0v) is 20.5. The maximum absolute atomic E-state index is 6.30. The predicted molar refractivity (Wildman–Crippen MR) is 138 cm³/mol. The molecular formula is C24H30Cl2N6. The number of likely N-dealkylation sites (N-methyl/N-ethyl adjacent to an activating group) is 1. The summed E-state index contributed by atoms with van der Waals surface area (Å²) < 4.78 is 0. The summed E-state index contributed by atoms with van der Waals surface area (Å²) in [5.74, 6) is 1.33. The predicted octanol–water partition coefficient (Wildman–Crippen LogP) is 5.72. The number of nitrogens with zero attached hydrogens (tertiary/aromatic N) is 4. The van der Waals surface area contributed by atoms with Gasteiger partial charge < -0.3 is 20.4 Å². The zero-order chi connectivity index (χ0) is 22.0. The van der Waals surface area contributed by atoms with E-state index in [1.165, 1.54) is 5.69 Å². The highest BCUT2D eigenvalue weighted by Crippen LogP contribution is 2.28. The van der Waals surface area contributed by atoms with Crippen LogP contribution in [-0.4, -0.2) is 48.1 Å². The van der Waals surface area contributed by atoms with Crippen LogP contribution in [0.3, 0.4) is 0 Å². The molecule has 1 saturated heterocycles. The minimum atomic E-state index is 0. The van der Waals surface area contributed by atoms with Crippen LogP contribution in [-0.2, 0) is 0 Å². The van der Waals surface area contributed by atoms with E-state index in [4.69, 9.17) is 11.6 Å². The second kappa shape index (κ2) is 10.4. The van der Waals surface area contributed by atoms with E-state index in [-0.39, 0.29) is 12.4 Å². The lowest BCUT2D eigenvalue weighted by atomic mass is 10.1. The van der Waals surface area contributed by atoms with Gasteiger partial charge >= 0.3 is 0 Å². The molecule has 6 nitrogen and oxygen atoms in total. The Hall–Kier alpha value is -2.54. The van der Waals surface area contributed by atoms with Gasteiger partial charge in [0, 0.05) is 60.0 Å². The van der Waals surface area contributed by atoms with Gasteiger partial charge in [-0.05, 0) is 75.3 Å². The second-order valence-corrected chi connectivity index (χ2v) is 8.61. The molecule has 0 bridgehead atoms. The first kappa shape index (κ1) is 24.1. The van der Waals surface area contributed by atoms with E-state index in [0.717, 1.165) is 65.1 Å². The molecule has 1 aliphatic rings. The molecule has 32 heavy (non-hydrogen) atoms. The molecule has 0 spiro atoms. The highest BCUT2D eigenvalue weighted by atomic mass is 35.5. The third kappa shape index (κ3) is 5.63. The molecule has 0 aliphatic carbocycles. The van der Waals surface area contributed by atoms with Gasteiger partial charge in [-0.3, -0.25) is 0 Å². The first-order valence-corrected chi connectivity index (χ1v) is 10.9. The molecule has 1 fully saturated rings. The van der Waals surface area contributed by atoms with Crippen LogP contribution < -0.4 is 15.5 Å². The number of rotatable bonds is 5. The lowest BCUT2D eigenvalue weighted by Crippen LogP contribution is -2.44. The highest BCUT2D eigenvalue weighted by molar-refractivity contribution is 6.32. The molecule has 2 aromatic carbocycles. The van der Waals surface area contributed by atoms with E-state index in [9.17, 15) is 0 Å². The summed E-state index contributed by atoms with van der Waals surface area (Å²) in [6, 6.07) is 12.5. The minimum Gasteiger partial charge on any atom is -0.369 e. The summed E-state index contributed by atoms with van der Waals surface area (Å²) >= 11 is 6.30. The Morgan fingerprint density at radius 1 is 0.844 bits per heavy atom. The number of aromatic nitrogens is 2. The Balaban J connectivity index is 0.00000289. The van der Waals surface area contributed by atoms with Crippen molar-refractivity contribution in [1.29, 1.82) is 0 Å². The number of halogens is 2. The standard InChI is InChI=1S/C24H29ClN6.ClH/c1-16-13-20(14-17(2)22(16)25)27-23-18(3)15-26-24(29-23)28-19-5-7-21(8-6-19)31-11-9-30(4)10-12-31;/h5-8,13-15H,9-12H2,1-4H3,(H2,26,27,28,29);1H. The Morgan fingerprint density at radius 2 is 1.47 bits per heavy atom. The van der Waals surface area contributed by atoms with Gasteiger partial charge in [0.25, 0.3) is 0 Å². The number of piperazine rings is 1. The van der Waals surface area contributed by atoms with Gasteiger partial charge in [0.05, 0.1) is 0 Å². The number of aryl methyl sites for hydroxylation is 3.